The highest BCUT2D eigenvalue weighted by atomic mass is 16.5. The minimum Gasteiger partial charge on any atom is -0.496 e. The number of rotatable bonds is 6. The third kappa shape index (κ3) is 3.34. The molecule has 0 heterocycles. The second-order valence-corrected chi connectivity index (χ2v) is 4.93. The number of hydrogen-bond donors (Lipinski definition) is 1. The van der Waals surface area contributed by atoms with Crippen molar-refractivity contribution < 1.29 is 24.2 Å². The zero-order valence-corrected chi connectivity index (χ0v) is 13.3. The average Bonchev–Trinajstić information content (AvgIpc) is 2.59. The maximum atomic E-state index is 12.7. The van der Waals surface area contributed by atoms with Crippen LogP contribution in [0.2, 0.25) is 0 Å². The van der Waals surface area contributed by atoms with Crippen molar-refractivity contribution in [3.05, 3.63) is 58.7 Å². The number of carboxylic acid groups (broad SMARTS) is 1. The number of benzene rings is 2. The molecule has 23 heavy (non-hydrogen) atoms. The normalized spacial score (nSPS) is 10.2. The molecule has 0 spiro atoms. The van der Waals surface area contributed by atoms with Crippen molar-refractivity contribution in [3.8, 4) is 11.5 Å². The number of aryl methyl sites for hydroxylation is 1. The molecule has 0 saturated heterocycles. The van der Waals surface area contributed by atoms with Crippen molar-refractivity contribution in [2.24, 2.45) is 0 Å². The number of aromatic carboxylic acids is 1. The quantitative estimate of drug-likeness (QED) is 0.829. The van der Waals surface area contributed by atoms with Gasteiger partial charge in [-0.25, -0.2) is 4.79 Å². The van der Waals surface area contributed by atoms with Crippen molar-refractivity contribution >= 4 is 11.8 Å². The molecule has 5 heteroatoms. The average molecular weight is 314 g/mol. The van der Waals surface area contributed by atoms with Gasteiger partial charge in [0, 0.05) is 11.6 Å². The van der Waals surface area contributed by atoms with E-state index in [1.165, 1.54) is 31.4 Å². The molecule has 0 bridgehead atoms. The molecule has 2 aromatic rings. The van der Waals surface area contributed by atoms with E-state index >= 15 is 0 Å². The number of ether oxygens (including phenoxy) is 2. The predicted octanol–water partition coefficient (Wildman–Crippen LogP) is 3.20. The van der Waals surface area contributed by atoms with Crippen LogP contribution in [-0.4, -0.2) is 31.1 Å². The topological polar surface area (TPSA) is 72.8 Å². The molecule has 0 amide bonds. The summed E-state index contributed by atoms with van der Waals surface area (Å²) in [6, 6.07) is 9.27. The van der Waals surface area contributed by atoms with Crippen LogP contribution in [0.1, 0.15) is 38.8 Å². The van der Waals surface area contributed by atoms with E-state index in [4.69, 9.17) is 14.6 Å². The highest BCUT2D eigenvalue weighted by molar-refractivity contribution is 6.11. The summed E-state index contributed by atoms with van der Waals surface area (Å²) in [5, 5.41) is 8.92. The monoisotopic (exact) mass is 314 g/mol. The van der Waals surface area contributed by atoms with Crippen molar-refractivity contribution in [3.63, 3.8) is 0 Å². The second-order valence-electron chi connectivity index (χ2n) is 4.93. The zero-order chi connectivity index (χ0) is 17.0. The molecule has 0 saturated carbocycles. The highest BCUT2D eigenvalue weighted by Crippen LogP contribution is 2.31. The van der Waals surface area contributed by atoms with Crippen LogP contribution in [0.15, 0.2) is 36.4 Å². The Bertz CT molecular complexity index is 732. The van der Waals surface area contributed by atoms with Gasteiger partial charge in [-0.05, 0) is 30.2 Å². The summed E-state index contributed by atoms with van der Waals surface area (Å²) in [7, 11) is 3.06. The molecule has 0 atom stereocenters. The summed E-state index contributed by atoms with van der Waals surface area (Å²) in [6.07, 6.45) is 0.714. The first-order valence-electron chi connectivity index (χ1n) is 7.14. The molecular weight excluding hydrogens is 296 g/mol. The molecule has 0 unspecified atom stereocenters. The van der Waals surface area contributed by atoms with Gasteiger partial charge in [0.1, 0.15) is 11.5 Å². The van der Waals surface area contributed by atoms with E-state index in [9.17, 15) is 9.59 Å². The fourth-order valence-electron chi connectivity index (χ4n) is 2.34. The summed E-state index contributed by atoms with van der Waals surface area (Å²) in [5.74, 6) is -0.163. The Hall–Kier alpha value is -2.82. The van der Waals surface area contributed by atoms with Crippen LogP contribution in [0.3, 0.4) is 0 Å². The number of carbonyl (C=O) groups excluding carboxylic acids is 1. The predicted molar refractivity (Wildman–Crippen MR) is 85.8 cm³/mol. The van der Waals surface area contributed by atoms with Crippen LogP contribution in [-0.2, 0) is 6.42 Å². The lowest BCUT2D eigenvalue weighted by Crippen LogP contribution is -2.07. The van der Waals surface area contributed by atoms with Crippen molar-refractivity contribution in [2.45, 2.75) is 13.3 Å². The van der Waals surface area contributed by atoms with Crippen LogP contribution in [0, 0.1) is 0 Å². The second kappa shape index (κ2) is 6.96. The van der Waals surface area contributed by atoms with Crippen LogP contribution < -0.4 is 9.47 Å². The minimum atomic E-state index is -1.03. The highest BCUT2D eigenvalue weighted by Gasteiger charge is 2.18. The van der Waals surface area contributed by atoms with E-state index in [-0.39, 0.29) is 11.3 Å². The van der Waals surface area contributed by atoms with E-state index in [1.54, 1.807) is 19.2 Å². The Morgan fingerprint density at radius 1 is 0.957 bits per heavy atom. The van der Waals surface area contributed by atoms with Gasteiger partial charge >= 0.3 is 5.97 Å². The maximum Gasteiger partial charge on any atom is 0.335 e. The Morgan fingerprint density at radius 3 is 2.00 bits per heavy atom. The summed E-state index contributed by atoms with van der Waals surface area (Å²) in [6.45, 7) is 1.97. The largest absolute Gasteiger partial charge is 0.496 e. The SMILES string of the molecule is CCc1cc(C(=O)c2ccc(C(=O)O)cc2)c(OC)cc1OC. The molecule has 0 aromatic heterocycles. The van der Waals surface area contributed by atoms with E-state index in [0.29, 0.717) is 29.0 Å². The van der Waals surface area contributed by atoms with Crippen molar-refractivity contribution in [1.29, 1.82) is 0 Å². The number of hydrogen-bond acceptors (Lipinski definition) is 4. The van der Waals surface area contributed by atoms with Gasteiger partial charge in [-0.15, -0.1) is 0 Å². The summed E-state index contributed by atoms with van der Waals surface area (Å²) < 4.78 is 10.6. The van der Waals surface area contributed by atoms with Gasteiger partial charge in [0.25, 0.3) is 0 Å². The summed E-state index contributed by atoms with van der Waals surface area (Å²) >= 11 is 0. The fraction of sp³-hybridized carbons (Fsp3) is 0.222. The number of methoxy groups -OCH3 is 2. The van der Waals surface area contributed by atoms with E-state index in [1.807, 2.05) is 6.92 Å². The molecule has 0 aliphatic heterocycles. The van der Waals surface area contributed by atoms with Crippen LogP contribution in [0.4, 0.5) is 0 Å². The molecule has 5 nitrogen and oxygen atoms in total. The minimum absolute atomic E-state index is 0.137. The maximum absolute atomic E-state index is 12.7. The Balaban J connectivity index is 2.47. The van der Waals surface area contributed by atoms with Gasteiger partial charge in [0.15, 0.2) is 5.78 Å². The smallest absolute Gasteiger partial charge is 0.335 e. The lowest BCUT2D eigenvalue weighted by molar-refractivity contribution is 0.0696. The number of carboxylic acids is 1. The van der Waals surface area contributed by atoms with Crippen LogP contribution >= 0.6 is 0 Å². The van der Waals surface area contributed by atoms with E-state index in [2.05, 4.69) is 0 Å². The molecule has 0 aliphatic rings. The number of carbonyl (C=O) groups is 2. The lowest BCUT2D eigenvalue weighted by Gasteiger charge is -2.13. The summed E-state index contributed by atoms with van der Waals surface area (Å²) in [4.78, 5) is 23.6. The van der Waals surface area contributed by atoms with Gasteiger partial charge in [-0.2, -0.15) is 0 Å². The third-order valence-corrected chi connectivity index (χ3v) is 3.62. The number of ketones is 1. The third-order valence-electron chi connectivity index (χ3n) is 3.62. The fourth-order valence-corrected chi connectivity index (χ4v) is 2.34. The molecule has 0 radical (unpaired) electrons. The Kier molecular flexibility index (Phi) is 5.01. The van der Waals surface area contributed by atoms with Gasteiger partial charge in [-0.3, -0.25) is 4.79 Å². The Labute approximate surface area is 134 Å². The van der Waals surface area contributed by atoms with E-state index < -0.39 is 5.97 Å². The van der Waals surface area contributed by atoms with Crippen LogP contribution in [0.25, 0.3) is 0 Å². The summed E-state index contributed by atoms with van der Waals surface area (Å²) in [5.41, 5.74) is 1.87. The first-order valence-corrected chi connectivity index (χ1v) is 7.14. The molecule has 2 aromatic carbocycles. The van der Waals surface area contributed by atoms with E-state index in [0.717, 1.165) is 5.56 Å². The van der Waals surface area contributed by atoms with Gasteiger partial charge in [0.05, 0.1) is 25.3 Å². The van der Waals surface area contributed by atoms with Crippen molar-refractivity contribution in [2.75, 3.05) is 14.2 Å². The van der Waals surface area contributed by atoms with Gasteiger partial charge < -0.3 is 14.6 Å². The van der Waals surface area contributed by atoms with Crippen molar-refractivity contribution in [1.82, 2.24) is 0 Å². The first-order chi connectivity index (χ1) is 11.0. The van der Waals surface area contributed by atoms with Gasteiger partial charge in [-0.1, -0.05) is 19.1 Å². The Morgan fingerprint density at radius 2 is 1.52 bits per heavy atom. The zero-order valence-electron chi connectivity index (χ0n) is 13.3. The molecule has 120 valence electrons. The standard InChI is InChI=1S/C18H18O5/c1-4-11-9-14(16(23-3)10-15(11)22-2)17(19)12-5-7-13(8-6-12)18(20)21/h5-10H,4H2,1-3H3,(H,20,21). The van der Waals surface area contributed by atoms with Gasteiger partial charge in [0.2, 0.25) is 0 Å². The van der Waals surface area contributed by atoms with Crippen LogP contribution in [0.5, 0.6) is 11.5 Å². The molecular formula is C18H18O5. The molecule has 1 N–H and O–H groups in total. The molecule has 0 aliphatic carbocycles. The molecule has 0 fully saturated rings. The lowest BCUT2D eigenvalue weighted by atomic mass is 9.98. The first kappa shape index (κ1) is 16.5. The molecule has 2 rings (SSSR count).